The van der Waals surface area contributed by atoms with Crippen LogP contribution in [0.4, 0.5) is 5.69 Å². The van der Waals surface area contributed by atoms with Gasteiger partial charge in [-0.2, -0.15) is 0 Å². The highest BCUT2D eigenvalue weighted by atomic mass is 16.5. The lowest BCUT2D eigenvalue weighted by molar-refractivity contribution is -0.140. The number of amides is 1. The molecule has 7 heteroatoms. The number of likely N-dealkylation sites (tertiary alicyclic amines) is 1. The van der Waals surface area contributed by atoms with Crippen LogP contribution >= 0.6 is 0 Å². The summed E-state index contributed by atoms with van der Waals surface area (Å²) in [4.78, 5) is 29.7. The second kappa shape index (κ2) is 11.2. The van der Waals surface area contributed by atoms with Gasteiger partial charge in [-0.25, -0.2) is 0 Å². The van der Waals surface area contributed by atoms with Gasteiger partial charge in [0, 0.05) is 38.0 Å². The summed E-state index contributed by atoms with van der Waals surface area (Å²) in [5, 5.41) is 11.2. The Kier molecular flexibility index (Phi) is 8.34. The Morgan fingerprint density at radius 1 is 1.03 bits per heavy atom. The van der Waals surface area contributed by atoms with Gasteiger partial charge in [0.2, 0.25) is 0 Å². The van der Waals surface area contributed by atoms with Crippen LogP contribution in [0, 0.1) is 0 Å². The first kappa shape index (κ1) is 25.3. The van der Waals surface area contributed by atoms with Crippen molar-refractivity contribution in [3.8, 4) is 5.75 Å². The number of ether oxygens (including phenoxy) is 2. The van der Waals surface area contributed by atoms with Gasteiger partial charge in [-0.15, -0.1) is 0 Å². The normalized spacial score (nSPS) is 17.5. The number of benzene rings is 2. The molecule has 2 aromatic carbocycles. The fourth-order valence-electron chi connectivity index (χ4n) is 4.22. The summed E-state index contributed by atoms with van der Waals surface area (Å²) in [7, 11) is 1.55. The van der Waals surface area contributed by atoms with Gasteiger partial charge < -0.3 is 24.4 Å². The molecular weight excluding hydrogens is 432 g/mol. The first-order valence-corrected chi connectivity index (χ1v) is 11.7. The maximum atomic E-state index is 13.1. The Bertz CT molecular complexity index is 1020. The molecule has 1 N–H and O–H groups in total. The monoisotopic (exact) mass is 466 g/mol. The lowest BCUT2D eigenvalue weighted by Crippen LogP contribution is -2.32. The van der Waals surface area contributed by atoms with E-state index in [0.29, 0.717) is 11.3 Å². The van der Waals surface area contributed by atoms with Gasteiger partial charge in [0.1, 0.15) is 11.5 Å². The van der Waals surface area contributed by atoms with E-state index in [2.05, 4.69) is 18.7 Å². The molecule has 182 valence electrons. The number of aliphatic hydroxyl groups excluding tert-OH is 1. The minimum Gasteiger partial charge on any atom is -0.507 e. The number of hydrogen-bond donors (Lipinski definition) is 1. The Balaban J connectivity index is 2.06. The van der Waals surface area contributed by atoms with Crippen LogP contribution in [0.5, 0.6) is 5.75 Å². The summed E-state index contributed by atoms with van der Waals surface area (Å²) in [6, 6.07) is 14.0. The van der Waals surface area contributed by atoms with Crippen molar-refractivity contribution in [2.75, 3.05) is 38.3 Å². The van der Waals surface area contributed by atoms with Crippen LogP contribution in [-0.4, -0.2) is 61.2 Å². The molecule has 1 fully saturated rings. The second-order valence-corrected chi connectivity index (χ2v) is 8.44. The third-order valence-corrected chi connectivity index (χ3v) is 5.91. The van der Waals surface area contributed by atoms with Crippen molar-refractivity contribution in [2.24, 2.45) is 0 Å². The number of carbonyl (C=O) groups excluding carboxylic acids is 2. The molecule has 0 aromatic heterocycles. The summed E-state index contributed by atoms with van der Waals surface area (Å²) >= 11 is 0. The van der Waals surface area contributed by atoms with Crippen molar-refractivity contribution in [1.29, 1.82) is 0 Å². The third-order valence-electron chi connectivity index (χ3n) is 5.91. The molecule has 1 unspecified atom stereocenters. The van der Waals surface area contributed by atoms with Crippen LogP contribution in [0.15, 0.2) is 54.1 Å². The largest absolute Gasteiger partial charge is 0.507 e. The average Bonchev–Trinajstić information content (AvgIpc) is 3.08. The number of aliphatic hydroxyl groups is 1. The lowest BCUT2D eigenvalue weighted by atomic mass is 9.95. The van der Waals surface area contributed by atoms with Gasteiger partial charge in [0.25, 0.3) is 11.7 Å². The van der Waals surface area contributed by atoms with Crippen LogP contribution in [-0.2, 0) is 14.3 Å². The number of rotatable bonds is 10. The molecule has 0 saturated carbocycles. The van der Waals surface area contributed by atoms with Gasteiger partial charge >= 0.3 is 0 Å². The van der Waals surface area contributed by atoms with E-state index < -0.39 is 17.7 Å². The minimum atomic E-state index is -0.701. The van der Waals surface area contributed by atoms with Gasteiger partial charge in [-0.3, -0.25) is 9.59 Å². The van der Waals surface area contributed by atoms with Crippen LogP contribution in [0.2, 0.25) is 0 Å². The van der Waals surface area contributed by atoms with Crippen molar-refractivity contribution >= 4 is 23.1 Å². The maximum Gasteiger partial charge on any atom is 0.295 e. The molecule has 0 radical (unpaired) electrons. The Labute approximate surface area is 201 Å². The van der Waals surface area contributed by atoms with E-state index in [1.165, 1.54) is 4.90 Å². The van der Waals surface area contributed by atoms with E-state index in [4.69, 9.17) is 9.47 Å². The second-order valence-electron chi connectivity index (χ2n) is 8.44. The number of anilines is 1. The fourth-order valence-corrected chi connectivity index (χ4v) is 4.22. The van der Waals surface area contributed by atoms with Crippen LogP contribution in [0.3, 0.4) is 0 Å². The van der Waals surface area contributed by atoms with Crippen molar-refractivity contribution < 1.29 is 24.2 Å². The van der Waals surface area contributed by atoms with E-state index in [9.17, 15) is 14.7 Å². The molecule has 0 bridgehead atoms. The number of Topliss-reactive ketones (excluding diaryl/α,β-unsaturated/α-hetero) is 1. The molecule has 2 aromatic rings. The lowest BCUT2D eigenvalue weighted by Gasteiger charge is -2.26. The quantitative estimate of drug-likeness (QED) is 0.318. The molecule has 1 amide bonds. The number of nitrogens with zero attached hydrogens (tertiary/aromatic N) is 2. The van der Waals surface area contributed by atoms with E-state index in [-0.39, 0.29) is 30.6 Å². The van der Waals surface area contributed by atoms with Crippen molar-refractivity contribution in [3.63, 3.8) is 0 Å². The maximum absolute atomic E-state index is 13.1. The molecule has 34 heavy (non-hydrogen) atoms. The Morgan fingerprint density at radius 3 is 2.18 bits per heavy atom. The zero-order chi connectivity index (χ0) is 24.8. The van der Waals surface area contributed by atoms with Crippen LogP contribution in [0.1, 0.15) is 44.9 Å². The minimum absolute atomic E-state index is 0.0184. The summed E-state index contributed by atoms with van der Waals surface area (Å²) in [6.07, 6.45) is 0.0184. The summed E-state index contributed by atoms with van der Waals surface area (Å²) in [6.45, 7) is 10.3. The zero-order valence-electron chi connectivity index (χ0n) is 20.6. The number of carbonyl (C=O) groups is 2. The van der Waals surface area contributed by atoms with Gasteiger partial charge in [0.05, 0.1) is 24.3 Å². The van der Waals surface area contributed by atoms with Crippen molar-refractivity contribution in [2.45, 2.75) is 39.8 Å². The predicted molar refractivity (Wildman–Crippen MR) is 133 cm³/mol. The van der Waals surface area contributed by atoms with E-state index >= 15 is 0 Å². The van der Waals surface area contributed by atoms with Crippen LogP contribution < -0.4 is 9.64 Å². The zero-order valence-corrected chi connectivity index (χ0v) is 20.6. The predicted octanol–water partition coefficient (Wildman–Crippen LogP) is 4.39. The summed E-state index contributed by atoms with van der Waals surface area (Å²) in [5.41, 5.74) is 2.34. The van der Waals surface area contributed by atoms with E-state index in [1.807, 2.05) is 38.1 Å². The molecule has 1 heterocycles. The fraction of sp³-hybridized carbons (Fsp3) is 0.407. The topological polar surface area (TPSA) is 79.3 Å². The third kappa shape index (κ3) is 5.25. The number of hydrogen-bond acceptors (Lipinski definition) is 6. The molecule has 7 nitrogen and oxygen atoms in total. The molecule has 0 spiro atoms. The summed E-state index contributed by atoms with van der Waals surface area (Å²) in [5.74, 6) is -0.882. The smallest absolute Gasteiger partial charge is 0.295 e. The number of ketones is 1. The summed E-state index contributed by atoms with van der Waals surface area (Å²) < 4.78 is 10.8. The molecule has 1 aliphatic heterocycles. The standard InChI is InChI=1S/C27H34N2O5/c1-6-28(7-2)21-12-8-19(9-13-21)24-23(26(31)27(32)29(24)16-17-33-5)25(30)20-10-14-22(15-11-20)34-18(3)4/h8-15,18,24,30H,6-7,16-17H2,1-5H3/b25-23-. The first-order chi connectivity index (χ1) is 16.3. The molecule has 3 rings (SSSR count). The highest BCUT2D eigenvalue weighted by Crippen LogP contribution is 2.39. The van der Waals surface area contributed by atoms with Gasteiger partial charge in [-0.1, -0.05) is 12.1 Å². The molecule has 1 aliphatic rings. The Hall–Kier alpha value is -3.32. The van der Waals surface area contributed by atoms with Gasteiger partial charge in [-0.05, 0) is 69.7 Å². The van der Waals surface area contributed by atoms with Crippen molar-refractivity contribution in [3.05, 3.63) is 65.2 Å². The van der Waals surface area contributed by atoms with Crippen molar-refractivity contribution in [1.82, 2.24) is 4.90 Å². The number of methoxy groups -OCH3 is 1. The molecule has 0 aliphatic carbocycles. The molecular formula is C27H34N2O5. The van der Waals surface area contributed by atoms with Gasteiger partial charge in [0.15, 0.2) is 0 Å². The highest BCUT2D eigenvalue weighted by molar-refractivity contribution is 6.46. The Morgan fingerprint density at radius 2 is 1.65 bits per heavy atom. The SMILES string of the molecule is CCN(CC)c1ccc(C2/C(=C(/O)c3ccc(OC(C)C)cc3)C(=O)C(=O)N2CCOC)cc1. The molecule has 1 saturated heterocycles. The highest BCUT2D eigenvalue weighted by Gasteiger charge is 2.45. The van der Waals surface area contributed by atoms with Crippen LogP contribution in [0.25, 0.3) is 5.76 Å². The average molecular weight is 467 g/mol. The molecule has 1 atom stereocenters. The van der Waals surface area contributed by atoms with E-state index in [1.54, 1.807) is 31.4 Å². The van der Waals surface area contributed by atoms with E-state index in [0.717, 1.165) is 24.3 Å². The first-order valence-electron chi connectivity index (χ1n) is 11.7.